The third-order valence-electron chi connectivity index (χ3n) is 2.46. The third-order valence-corrected chi connectivity index (χ3v) is 2.46. The number of rotatable bonds is 3. The fraction of sp³-hybridized carbons (Fsp3) is 0. The lowest BCUT2D eigenvalue weighted by molar-refractivity contribution is 0.0691. The van der Waals surface area contributed by atoms with Gasteiger partial charge in [-0.15, -0.1) is 0 Å². The Morgan fingerprint density at radius 2 is 1.79 bits per heavy atom. The fourth-order valence-electron chi connectivity index (χ4n) is 1.51. The van der Waals surface area contributed by atoms with Crippen molar-refractivity contribution >= 4 is 11.8 Å². The summed E-state index contributed by atoms with van der Waals surface area (Å²) in [5.74, 6) is -7.01. The molecule has 0 aliphatic heterocycles. The van der Waals surface area contributed by atoms with Gasteiger partial charge in [-0.1, -0.05) is 0 Å². The first-order valence-corrected chi connectivity index (χ1v) is 5.01. The van der Waals surface area contributed by atoms with Crippen LogP contribution in [-0.2, 0) is 0 Å². The molecule has 0 spiro atoms. The quantitative estimate of drug-likeness (QED) is 0.663. The van der Waals surface area contributed by atoms with Crippen molar-refractivity contribution in [3.8, 4) is 0 Å². The maximum atomic E-state index is 13.4. The van der Waals surface area contributed by atoms with Gasteiger partial charge in [0.1, 0.15) is 5.69 Å². The first kappa shape index (κ1) is 12.9. The summed E-state index contributed by atoms with van der Waals surface area (Å²) in [5.41, 5.74) is -1.11. The summed E-state index contributed by atoms with van der Waals surface area (Å²) in [5, 5.41) is 8.66. The largest absolute Gasteiger partial charge is 0.477 e. The number of halogens is 3. The molecule has 0 atom stereocenters. The zero-order valence-corrected chi connectivity index (χ0v) is 9.21. The van der Waals surface area contributed by atoms with E-state index in [4.69, 9.17) is 5.11 Å². The van der Waals surface area contributed by atoms with Crippen molar-refractivity contribution in [2.75, 3.05) is 0 Å². The van der Waals surface area contributed by atoms with Gasteiger partial charge in [0.25, 0.3) is 0 Å². The van der Waals surface area contributed by atoms with Crippen LogP contribution < -0.4 is 0 Å². The summed E-state index contributed by atoms with van der Waals surface area (Å²) in [4.78, 5) is 24.7. The highest BCUT2D eigenvalue weighted by atomic mass is 19.2. The van der Waals surface area contributed by atoms with Gasteiger partial charge < -0.3 is 10.1 Å². The molecule has 7 heteroatoms. The van der Waals surface area contributed by atoms with Crippen molar-refractivity contribution in [1.82, 2.24) is 4.98 Å². The Hall–Kier alpha value is -2.57. The van der Waals surface area contributed by atoms with Gasteiger partial charge in [-0.25, -0.2) is 18.0 Å². The second kappa shape index (κ2) is 4.60. The van der Waals surface area contributed by atoms with Crippen LogP contribution in [0.25, 0.3) is 0 Å². The Labute approximate surface area is 104 Å². The molecule has 98 valence electrons. The van der Waals surface area contributed by atoms with Crippen LogP contribution in [0.3, 0.4) is 0 Å². The second-order valence-electron chi connectivity index (χ2n) is 3.66. The Bertz CT molecular complexity index is 679. The van der Waals surface area contributed by atoms with E-state index in [0.717, 1.165) is 18.3 Å². The number of aromatic amines is 1. The Morgan fingerprint density at radius 1 is 1.11 bits per heavy atom. The molecule has 1 heterocycles. The highest BCUT2D eigenvalue weighted by Gasteiger charge is 2.21. The lowest BCUT2D eigenvalue weighted by Crippen LogP contribution is -2.06. The van der Waals surface area contributed by atoms with E-state index in [1.54, 1.807) is 0 Å². The Balaban J connectivity index is 2.44. The van der Waals surface area contributed by atoms with Gasteiger partial charge in [-0.05, 0) is 18.2 Å². The smallest absolute Gasteiger partial charge is 0.352 e. The minimum atomic E-state index is -1.75. The van der Waals surface area contributed by atoms with Crippen molar-refractivity contribution in [1.29, 1.82) is 0 Å². The highest BCUT2D eigenvalue weighted by Crippen LogP contribution is 2.19. The van der Waals surface area contributed by atoms with Crippen LogP contribution in [0.1, 0.15) is 26.4 Å². The molecule has 0 unspecified atom stereocenters. The molecule has 0 aliphatic carbocycles. The summed E-state index contributed by atoms with van der Waals surface area (Å²) in [6, 6.07) is 2.39. The van der Waals surface area contributed by atoms with Crippen molar-refractivity contribution < 1.29 is 27.9 Å². The van der Waals surface area contributed by atoms with Crippen molar-refractivity contribution in [3.05, 3.63) is 58.7 Å². The van der Waals surface area contributed by atoms with E-state index in [2.05, 4.69) is 4.98 Å². The van der Waals surface area contributed by atoms with Crippen LogP contribution in [0.5, 0.6) is 0 Å². The molecular weight excluding hydrogens is 263 g/mol. The first-order valence-electron chi connectivity index (χ1n) is 5.01. The van der Waals surface area contributed by atoms with Gasteiger partial charge in [-0.2, -0.15) is 0 Å². The van der Waals surface area contributed by atoms with E-state index in [0.29, 0.717) is 6.07 Å². The van der Waals surface area contributed by atoms with Crippen molar-refractivity contribution in [2.24, 2.45) is 0 Å². The highest BCUT2D eigenvalue weighted by molar-refractivity contribution is 6.10. The Kier molecular flexibility index (Phi) is 3.12. The molecule has 0 radical (unpaired) electrons. The zero-order valence-electron chi connectivity index (χ0n) is 9.21. The fourth-order valence-corrected chi connectivity index (χ4v) is 1.51. The van der Waals surface area contributed by atoms with E-state index < -0.39 is 34.8 Å². The minimum Gasteiger partial charge on any atom is -0.477 e. The average molecular weight is 269 g/mol. The van der Waals surface area contributed by atoms with Crippen LogP contribution in [0, 0.1) is 17.5 Å². The normalized spacial score (nSPS) is 10.5. The first-order chi connectivity index (χ1) is 8.91. The molecule has 0 saturated carbocycles. The number of carbonyl (C=O) groups is 2. The van der Waals surface area contributed by atoms with Gasteiger partial charge in [0.15, 0.2) is 23.2 Å². The molecule has 1 aromatic heterocycles. The van der Waals surface area contributed by atoms with E-state index >= 15 is 0 Å². The number of H-pyrrole nitrogens is 1. The van der Waals surface area contributed by atoms with E-state index in [9.17, 15) is 22.8 Å². The molecule has 2 rings (SSSR count). The SMILES string of the molecule is O=C(O)c1cc(C(=O)c2ccc(F)c(F)c2F)c[nH]1. The molecule has 2 aromatic rings. The zero-order chi connectivity index (χ0) is 14.2. The van der Waals surface area contributed by atoms with Gasteiger partial charge in [-0.3, -0.25) is 4.79 Å². The maximum absolute atomic E-state index is 13.4. The van der Waals surface area contributed by atoms with Crippen LogP contribution in [0.15, 0.2) is 24.4 Å². The van der Waals surface area contributed by atoms with Crippen LogP contribution in [-0.4, -0.2) is 21.8 Å². The summed E-state index contributed by atoms with van der Waals surface area (Å²) in [6.45, 7) is 0. The van der Waals surface area contributed by atoms with Crippen LogP contribution in [0.4, 0.5) is 13.2 Å². The van der Waals surface area contributed by atoms with Crippen molar-refractivity contribution in [3.63, 3.8) is 0 Å². The number of aromatic carboxylic acids is 1. The Morgan fingerprint density at radius 3 is 2.37 bits per heavy atom. The molecule has 2 N–H and O–H groups in total. The number of benzene rings is 1. The molecule has 0 bridgehead atoms. The lowest BCUT2D eigenvalue weighted by Gasteiger charge is -2.02. The standard InChI is InChI=1S/C12H6F3NO3/c13-7-2-1-6(9(14)10(7)15)11(17)5-3-8(12(18)19)16-4-5/h1-4,16H,(H,18,19). The van der Waals surface area contributed by atoms with Gasteiger partial charge in [0.05, 0.1) is 5.56 Å². The van der Waals surface area contributed by atoms with E-state index in [-0.39, 0.29) is 11.3 Å². The van der Waals surface area contributed by atoms with Gasteiger partial charge >= 0.3 is 5.97 Å². The summed E-state index contributed by atoms with van der Waals surface area (Å²) in [7, 11) is 0. The second-order valence-corrected chi connectivity index (χ2v) is 3.66. The number of carbonyl (C=O) groups excluding carboxylic acids is 1. The predicted molar refractivity (Wildman–Crippen MR) is 57.5 cm³/mol. The molecular formula is C12H6F3NO3. The summed E-state index contributed by atoms with van der Waals surface area (Å²) < 4.78 is 39.1. The lowest BCUT2D eigenvalue weighted by atomic mass is 10.0. The van der Waals surface area contributed by atoms with E-state index in [1.165, 1.54) is 0 Å². The monoisotopic (exact) mass is 269 g/mol. The third kappa shape index (κ3) is 2.22. The molecule has 0 fully saturated rings. The van der Waals surface area contributed by atoms with Crippen LogP contribution in [0.2, 0.25) is 0 Å². The summed E-state index contributed by atoms with van der Waals surface area (Å²) >= 11 is 0. The topological polar surface area (TPSA) is 70.2 Å². The minimum absolute atomic E-state index is 0.165. The average Bonchev–Trinajstić information content (AvgIpc) is 2.85. The molecule has 0 aliphatic rings. The number of hydrogen-bond acceptors (Lipinski definition) is 2. The number of nitrogens with one attached hydrogen (secondary N) is 1. The molecule has 1 aromatic carbocycles. The summed E-state index contributed by atoms with van der Waals surface area (Å²) in [6.07, 6.45) is 1.05. The predicted octanol–water partition coefficient (Wildman–Crippen LogP) is 2.36. The molecule has 0 amide bonds. The van der Waals surface area contributed by atoms with Gasteiger partial charge in [0, 0.05) is 11.8 Å². The number of aromatic nitrogens is 1. The number of hydrogen-bond donors (Lipinski definition) is 2. The molecule has 0 saturated heterocycles. The molecule has 19 heavy (non-hydrogen) atoms. The molecule has 4 nitrogen and oxygen atoms in total. The van der Waals surface area contributed by atoms with Gasteiger partial charge in [0.2, 0.25) is 0 Å². The number of carboxylic acid groups (broad SMARTS) is 1. The van der Waals surface area contributed by atoms with E-state index in [1.807, 2.05) is 0 Å². The van der Waals surface area contributed by atoms with Crippen molar-refractivity contribution in [2.45, 2.75) is 0 Å². The van der Waals surface area contributed by atoms with Crippen LogP contribution >= 0.6 is 0 Å². The maximum Gasteiger partial charge on any atom is 0.352 e. The number of carboxylic acids is 1. The number of ketones is 1.